The molecule has 0 spiro atoms. The number of phosphoric acid groups is 1. The van der Waals surface area contributed by atoms with E-state index in [9.17, 15) is 19.4 Å². The number of rotatable bonds is 38. The number of ether oxygens (including phenoxy) is 2. The van der Waals surface area contributed by atoms with Gasteiger partial charge < -0.3 is 24.0 Å². The largest absolute Gasteiger partial charge is 0.498 e. The highest BCUT2D eigenvalue weighted by atomic mass is 31.2. The van der Waals surface area contributed by atoms with E-state index in [1.807, 2.05) is 63.7 Å². The molecule has 9 nitrogen and oxygen atoms in total. The second-order valence-electron chi connectivity index (χ2n) is 15.3. The van der Waals surface area contributed by atoms with E-state index in [2.05, 4.69) is 19.9 Å². The van der Waals surface area contributed by atoms with E-state index in [0.717, 1.165) is 25.7 Å². The molecule has 0 saturated carbocycles. The van der Waals surface area contributed by atoms with Crippen molar-refractivity contribution in [3.8, 4) is 0 Å². The van der Waals surface area contributed by atoms with Crippen LogP contribution in [0.5, 0.6) is 0 Å². The van der Waals surface area contributed by atoms with E-state index < -0.39 is 26.0 Å². The predicted molar refractivity (Wildman–Crippen MR) is 225 cm³/mol. The number of likely N-dealkylation sites (N-methyl/N-ethyl adjacent to an activating group) is 1. The van der Waals surface area contributed by atoms with Crippen LogP contribution in [0.4, 0.5) is 0 Å². The lowest BCUT2D eigenvalue weighted by Gasteiger charge is -2.24. The molecule has 0 aliphatic heterocycles. The Bertz CT molecular complexity index is 1070. The molecule has 0 aromatic heterocycles. The molecule has 0 bridgehead atoms. The summed E-state index contributed by atoms with van der Waals surface area (Å²) in [5.41, 5.74) is 0. The van der Waals surface area contributed by atoms with Gasteiger partial charge in [-0.2, -0.15) is 0 Å². The first-order valence-electron chi connectivity index (χ1n) is 21.2. The Morgan fingerprint density at radius 3 is 1.93 bits per heavy atom. The number of aliphatic hydroxyl groups is 1. The fourth-order valence-electron chi connectivity index (χ4n) is 5.36. The second kappa shape index (κ2) is 36.6. The number of phosphoric ester groups is 1. The van der Waals surface area contributed by atoms with Gasteiger partial charge >= 0.3 is 13.8 Å². The maximum absolute atomic E-state index is 12.6. The predicted octanol–water partition coefficient (Wildman–Crippen LogP) is 11.5. The van der Waals surface area contributed by atoms with Crippen LogP contribution < -0.4 is 0 Å². The van der Waals surface area contributed by atoms with Gasteiger partial charge in [-0.3, -0.25) is 13.8 Å². The number of carbonyl (C=O) groups excluding carboxylic acids is 1. The van der Waals surface area contributed by atoms with Crippen molar-refractivity contribution < 1.29 is 42.4 Å². The molecule has 0 aromatic rings. The van der Waals surface area contributed by atoms with Crippen molar-refractivity contribution >= 4 is 13.8 Å². The van der Waals surface area contributed by atoms with Crippen LogP contribution in [-0.2, 0) is 27.9 Å². The number of aliphatic hydroxyl groups excluding tert-OH is 1. The maximum atomic E-state index is 12.6. The third kappa shape index (κ3) is 39.7. The molecular weight excluding hydrogens is 701 g/mol. The number of nitrogens with zero attached hydrogens (tertiary/aromatic N) is 1. The first kappa shape index (κ1) is 52.0. The minimum atomic E-state index is -4.32. The Balaban J connectivity index is 4.50. The minimum absolute atomic E-state index is 0.00697. The first-order chi connectivity index (χ1) is 26.0. The van der Waals surface area contributed by atoms with Crippen LogP contribution in [0.25, 0.3) is 0 Å². The van der Waals surface area contributed by atoms with E-state index in [-0.39, 0.29) is 26.2 Å². The Kier molecular flexibility index (Phi) is 35.3. The summed E-state index contributed by atoms with van der Waals surface area (Å²) in [4.78, 5) is 22.8. The SMILES string of the molecule is CCCCC/C=C\CC(O)/C=C/C=C\C/C=C\CCCC(=O)OC(CO/C=C\CCCCCCCCCCCCCC)COP(=O)(O)OCC[N+](C)(C)C. The van der Waals surface area contributed by atoms with Crippen LogP contribution in [0.1, 0.15) is 155 Å². The normalized spacial score (nSPS) is 14.9. The van der Waals surface area contributed by atoms with Crippen molar-refractivity contribution in [3.63, 3.8) is 0 Å². The molecule has 3 atom stereocenters. The van der Waals surface area contributed by atoms with Gasteiger partial charge in [-0.15, -0.1) is 0 Å². The summed E-state index contributed by atoms with van der Waals surface area (Å²) < 4.78 is 34.6. The maximum Gasteiger partial charge on any atom is 0.472 e. The third-order valence-electron chi connectivity index (χ3n) is 8.73. The summed E-state index contributed by atoms with van der Waals surface area (Å²) in [5.74, 6) is -0.417. The lowest BCUT2D eigenvalue weighted by Crippen LogP contribution is -2.37. The Morgan fingerprint density at radius 1 is 0.685 bits per heavy atom. The quantitative estimate of drug-likeness (QED) is 0.0121. The number of allylic oxidation sites excluding steroid dienone is 7. The van der Waals surface area contributed by atoms with Gasteiger partial charge in [-0.25, -0.2) is 4.57 Å². The van der Waals surface area contributed by atoms with Gasteiger partial charge in [0.25, 0.3) is 0 Å². The van der Waals surface area contributed by atoms with Crippen molar-refractivity contribution in [3.05, 3.63) is 60.9 Å². The highest BCUT2D eigenvalue weighted by Crippen LogP contribution is 2.43. The highest BCUT2D eigenvalue weighted by Gasteiger charge is 2.26. The monoisotopic (exact) mass is 783 g/mol. The van der Waals surface area contributed by atoms with Gasteiger partial charge in [0, 0.05) is 6.42 Å². The Labute approximate surface area is 331 Å². The van der Waals surface area contributed by atoms with Crippen molar-refractivity contribution in [2.75, 3.05) is 47.5 Å². The van der Waals surface area contributed by atoms with Crippen LogP contribution in [0, 0.1) is 0 Å². The standard InChI is InChI=1S/C44H80NO8P/c1-6-8-10-12-14-15-16-17-18-19-22-25-29-33-38-50-40-43(41-52-54(48,49)51-39-37-45(3,4)5)53-44(47)36-32-28-24-21-20-23-27-31-35-42(46)34-30-26-13-11-9-7-2/h21,23-24,26-27,30-31,33,35,38,42-43,46H,6-20,22,25,28-29,32,34,36-37,39-41H2,1-5H3/p+1/b24-21-,27-23-,30-26-,35-31+,38-33-. The van der Waals surface area contributed by atoms with E-state index in [4.69, 9.17) is 18.5 Å². The van der Waals surface area contributed by atoms with Gasteiger partial charge in [-0.05, 0) is 57.4 Å². The van der Waals surface area contributed by atoms with Gasteiger partial charge in [0.05, 0.1) is 40.1 Å². The fourth-order valence-corrected chi connectivity index (χ4v) is 6.10. The molecule has 0 heterocycles. The number of hydrogen-bond acceptors (Lipinski definition) is 7. The van der Waals surface area contributed by atoms with Crippen molar-refractivity contribution in [1.82, 2.24) is 0 Å². The molecule has 0 saturated heterocycles. The molecule has 0 aliphatic carbocycles. The fraction of sp³-hybridized carbons (Fsp3) is 0.750. The number of carbonyl (C=O) groups is 1. The average molecular weight is 783 g/mol. The third-order valence-corrected chi connectivity index (χ3v) is 9.71. The zero-order valence-corrected chi connectivity index (χ0v) is 35.9. The summed E-state index contributed by atoms with van der Waals surface area (Å²) in [6, 6.07) is 0. The highest BCUT2D eigenvalue weighted by molar-refractivity contribution is 7.47. The Hall–Kier alpha value is -2.00. The zero-order chi connectivity index (χ0) is 40.0. The smallest absolute Gasteiger partial charge is 0.472 e. The number of unbranched alkanes of at least 4 members (excludes halogenated alkanes) is 16. The van der Waals surface area contributed by atoms with Gasteiger partial charge in [0.15, 0.2) is 6.10 Å². The summed E-state index contributed by atoms with van der Waals surface area (Å²) in [7, 11) is 1.56. The van der Waals surface area contributed by atoms with Crippen LogP contribution in [-0.4, -0.2) is 80.2 Å². The molecule has 54 heavy (non-hydrogen) atoms. The number of quaternary nitrogens is 1. The topological polar surface area (TPSA) is 112 Å². The summed E-state index contributed by atoms with van der Waals surface area (Å²) in [5, 5.41) is 10.0. The molecule has 0 aromatic carbocycles. The van der Waals surface area contributed by atoms with E-state index in [1.165, 1.54) is 89.9 Å². The first-order valence-corrected chi connectivity index (χ1v) is 22.7. The second-order valence-corrected chi connectivity index (χ2v) is 16.7. The molecule has 3 unspecified atom stereocenters. The summed E-state index contributed by atoms with van der Waals surface area (Å²) in [6.07, 6.45) is 42.4. The van der Waals surface area contributed by atoms with Gasteiger partial charge in [-0.1, -0.05) is 146 Å². The lowest BCUT2D eigenvalue weighted by atomic mass is 10.0. The van der Waals surface area contributed by atoms with Crippen molar-refractivity contribution in [2.24, 2.45) is 0 Å². The molecule has 0 fully saturated rings. The van der Waals surface area contributed by atoms with Crippen molar-refractivity contribution in [2.45, 2.75) is 167 Å². The number of hydrogen-bond donors (Lipinski definition) is 2. The molecule has 0 amide bonds. The van der Waals surface area contributed by atoms with Crippen LogP contribution in [0.2, 0.25) is 0 Å². The number of esters is 1. The van der Waals surface area contributed by atoms with Gasteiger partial charge in [0.2, 0.25) is 0 Å². The van der Waals surface area contributed by atoms with E-state index >= 15 is 0 Å². The van der Waals surface area contributed by atoms with Crippen LogP contribution in [0.3, 0.4) is 0 Å². The summed E-state index contributed by atoms with van der Waals surface area (Å²) in [6.45, 7) is 4.73. The summed E-state index contributed by atoms with van der Waals surface area (Å²) >= 11 is 0. The minimum Gasteiger partial charge on any atom is -0.498 e. The molecule has 0 radical (unpaired) electrons. The average Bonchev–Trinajstić information content (AvgIpc) is 3.11. The molecule has 2 N–H and O–H groups in total. The van der Waals surface area contributed by atoms with E-state index in [0.29, 0.717) is 30.3 Å². The lowest BCUT2D eigenvalue weighted by molar-refractivity contribution is -0.870. The van der Waals surface area contributed by atoms with Gasteiger partial charge in [0.1, 0.15) is 19.8 Å². The zero-order valence-electron chi connectivity index (χ0n) is 35.1. The molecule has 0 rings (SSSR count). The molecule has 314 valence electrons. The van der Waals surface area contributed by atoms with Crippen molar-refractivity contribution in [1.29, 1.82) is 0 Å². The molecule has 10 heteroatoms. The molecule has 0 aliphatic rings. The van der Waals surface area contributed by atoms with Crippen LogP contribution >= 0.6 is 7.82 Å². The Morgan fingerprint density at radius 2 is 1.26 bits per heavy atom. The molecular formula is C44H81NO8P+. The van der Waals surface area contributed by atoms with E-state index in [1.54, 1.807) is 12.3 Å². The van der Waals surface area contributed by atoms with Crippen LogP contribution in [0.15, 0.2) is 60.9 Å².